The molecule has 5 nitrogen and oxygen atoms in total. The van der Waals surface area contributed by atoms with Crippen LogP contribution in [0.3, 0.4) is 0 Å². The lowest BCUT2D eigenvalue weighted by Gasteiger charge is -2.22. The number of hydrogen-bond acceptors (Lipinski definition) is 4. The molecule has 2 rings (SSSR count). The van der Waals surface area contributed by atoms with Gasteiger partial charge in [-0.05, 0) is 37.7 Å². The Hall–Kier alpha value is -1.69. The first-order valence-electron chi connectivity index (χ1n) is 9.45. The summed E-state index contributed by atoms with van der Waals surface area (Å²) < 4.78 is 5.67. The Balaban J connectivity index is 0.000000765. The number of carbonyl (C=O) groups is 1. The average Bonchev–Trinajstić information content (AvgIpc) is 2.67. The highest BCUT2D eigenvalue weighted by Gasteiger charge is 2.19. The first-order chi connectivity index (χ1) is 12.7. The number of unbranched alkanes of at least 4 members (excludes halogenated alkanes) is 3. The third kappa shape index (κ3) is 10.3. The van der Waals surface area contributed by atoms with E-state index in [2.05, 4.69) is 17.4 Å². The second-order valence-electron chi connectivity index (χ2n) is 6.53. The van der Waals surface area contributed by atoms with Gasteiger partial charge in [-0.2, -0.15) is 0 Å². The second-order valence-corrected chi connectivity index (χ2v) is 6.53. The standard InChI is InChI=1S/C19H28O3.C2H5NO/c20-18-12-11-16(14-19(18)21)8-4-1-2-7-13-22-15-17-9-5-3-6-10-17;1-3-2-4/h3,5-6,9-10,14,18-21H,1-2,4,7-8,11-13,15H2;2H,1H3,(H,3,4). The molecule has 1 amide bonds. The van der Waals surface area contributed by atoms with Crippen molar-refractivity contribution in [1.82, 2.24) is 5.32 Å². The topological polar surface area (TPSA) is 78.8 Å². The number of ether oxygens (including phenoxy) is 1. The molecule has 3 N–H and O–H groups in total. The maximum Gasteiger partial charge on any atom is 0.206 e. The van der Waals surface area contributed by atoms with E-state index in [0.29, 0.717) is 19.4 Å². The molecule has 2 atom stereocenters. The Labute approximate surface area is 157 Å². The summed E-state index contributed by atoms with van der Waals surface area (Å²) >= 11 is 0. The number of carbonyl (C=O) groups excluding carboxylic acids is 1. The Morgan fingerprint density at radius 1 is 1.15 bits per heavy atom. The predicted octanol–water partition coefficient (Wildman–Crippen LogP) is 2.96. The predicted molar refractivity (Wildman–Crippen MR) is 104 cm³/mol. The lowest BCUT2D eigenvalue weighted by molar-refractivity contribution is -0.109. The highest BCUT2D eigenvalue weighted by atomic mass is 16.5. The quantitative estimate of drug-likeness (QED) is 0.339. The van der Waals surface area contributed by atoms with Crippen molar-refractivity contribution in [3.05, 3.63) is 47.5 Å². The van der Waals surface area contributed by atoms with E-state index in [1.54, 1.807) is 7.05 Å². The molecule has 5 heteroatoms. The first-order valence-corrected chi connectivity index (χ1v) is 9.45. The zero-order valence-corrected chi connectivity index (χ0v) is 15.8. The van der Waals surface area contributed by atoms with Crippen LogP contribution in [0.4, 0.5) is 0 Å². The number of rotatable bonds is 10. The molecule has 1 aromatic rings. The lowest BCUT2D eigenvalue weighted by Crippen LogP contribution is -2.27. The van der Waals surface area contributed by atoms with Gasteiger partial charge >= 0.3 is 0 Å². The molecule has 146 valence electrons. The third-order valence-electron chi connectivity index (χ3n) is 4.33. The molecule has 1 aromatic carbocycles. The van der Waals surface area contributed by atoms with Crippen LogP contribution in [0.5, 0.6) is 0 Å². The van der Waals surface area contributed by atoms with Gasteiger partial charge in [0.05, 0.1) is 18.8 Å². The summed E-state index contributed by atoms with van der Waals surface area (Å²) in [6.45, 7) is 1.52. The molecule has 0 fully saturated rings. The molecular formula is C21H33NO4. The Bertz CT molecular complexity index is 504. The van der Waals surface area contributed by atoms with Gasteiger partial charge in [0.1, 0.15) is 0 Å². The van der Waals surface area contributed by atoms with E-state index in [4.69, 9.17) is 9.53 Å². The molecule has 2 unspecified atom stereocenters. The number of aliphatic hydroxyl groups is 2. The van der Waals surface area contributed by atoms with Crippen LogP contribution < -0.4 is 5.32 Å². The number of benzene rings is 1. The highest BCUT2D eigenvalue weighted by molar-refractivity contribution is 5.44. The van der Waals surface area contributed by atoms with Crippen LogP contribution in [-0.2, 0) is 16.1 Å². The van der Waals surface area contributed by atoms with Crippen molar-refractivity contribution < 1.29 is 19.7 Å². The van der Waals surface area contributed by atoms with Crippen molar-refractivity contribution in [2.24, 2.45) is 0 Å². The molecule has 0 saturated carbocycles. The zero-order chi connectivity index (χ0) is 19.0. The van der Waals surface area contributed by atoms with E-state index in [0.717, 1.165) is 32.3 Å². The van der Waals surface area contributed by atoms with Crippen LogP contribution in [0, 0.1) is 0 Å². The van der Waals surface area contributed by atoms with Gasteiger partial charge in [-0.15, -0.1) is 0 Å². The average molecular weight is 363 g/mol. The summed E-state index contributed by atoms with van der Waals surface area (Å²) in [7, 11) is 1.56. The summed E-state index contributed by atoms with van der Waals surface area (Å²) in [4.78, 5) is 9.06. The van der Waals surface area contributed by atoms with Gasteiger partial charge in [-0.25, -0.2) is 0 Å². The second kappa shape index (κ2) is 14.5. The van der Waals surface area contributed by atoms with Crippen molar-refractivity contribution in [3.63, 3.8) is 0 Å². The van der Waals surface area contributed by atoms with Gasteiger partial charge in [0.15, 0.2) is 0 Å². The van der Waals surface area contributed by atoms with E-state index in [1.807, 2.05) is 24.3 Å². The number of nitrogens with one attached hydrogen (secondary N) is 1. The van der Waals surface area contributed by atoms with E-state index in [-0.39, 0.29) is 0 Å². The summed E-state index contributed by atoms with van der Waals surface area (Å²) in [5.41, 5.74) is 2.53. The fourth-order valence-electron chi connectivity index (χ4n) is 2.82. The summed E-state index contributed by atoms with van der Waals surface area (Å²) in [5, 5.41) is 21.3. The van der Waals surface area contributed by atoms with Crippen molar-refractivity contribution in [2.45, 2.75) is 63.8 Å². The molecule has 1 aliphatic rings. The molecule has 0 aromatic heterocycles. The molecule has 0 bridgehead atoms. The minimum absolute atomic E-state index is 0.564. The molecule has 0 heterocycles. The van der Waals surface area contributed by atoms with Crippen molar-refractivity contribution in [3.8, 4) is 0 Å². The van der Waals surface area contributed by atoms with Crippen LogP contribution in [-0.4, -0.2) is 42.5 Å². The van der Waals surface area contributed by atoms with Gasteiger partial charge < -0.3 is 20.3 Å². The number of allylic oxidation sites excluding steroid dienone is 1. The molecule has 1 aliphatic carbocycles. The molecule has 0 saturated heterocycles. The van der Waals surface area contributed by atoms with E-state index in [9.17, 15) is 10.2 Å². The first kappa shape index (κ1) is 22.4. The SMILES string of the molecule is CNC=O.OC1C=C(CCCCCCOCc2ccccc2)CCC1O. The summed E-state index contributed by atoms with van der Waals surface area (Å²) in [6.07, 6.45) is 8.57. The molecule has 26 heavy (non-hydrogen) atoms. The van der Waals surface area contributed by atoms with E-state index < -0.39 is 12.2 Å². The summed E-state index contributed by atoms with van der Waals surface area (Å²) in [6, 6.07) is 10.3. The van der Waals surface area contributed by atoms with Gasteiger partial charge in [-0.1, -0.05) is 54.8 Å². The number of amides is 1. The van der Waals surface area contributed by atoms with Gasteiger partial charge in [-0.3, -0.25) is 4.79 Å². The van der Waals surface area contributed by atoms with Crippen LogP contribution >= 0.6 is 0 Å². The van der Waals surface area contributed by atoms with E-state index >= 15 is 0 Å². The maximum absolute atomic E-state index is 9.60. The smallest absolute Gasteiger partial charge is 0.206 e. The largest absolute Gasteiger partial charge is 0.390 e. The Kier molecular flexibility index (Phi) is 12.4. The van der Waals surface area contributed by atoms with Crippen LogP contribution in [0.15, 0.2) is 42.0 Å². The minimum atomic E-state index is -0.657. The van der Waals surface area contributed by atoms with Crippen LogP contribution in [0.1, 0.15) is 50.5 Å². The minimum Gasteiger partial charge on any atom is -0.390 e. The van der Waals surface area contributed by atoms with Crippen molar-refractivity contribution in [1.29, 1.82) is 0 Å². The normalized spacial score (nSPS) is 19.1. The van der Waals surface area contributed by atoms with Gasteiger partial charge in [0.2, 0.25) is 6.41 Å². The fourth-order valence-corrected chi connectivity index (χ4v) is 2.82. The molecular weight excluding hydrogens is 330 g/mol. The van der Waals surface area contributed by atoms with Crippen molar-refractivity contribution >= 4 is 6.41 Å². The lowest BCUT2D eigenvalue weighted by atomic mass is 9.91. The van der Waals surface area contributed by atoms with Crippen LogP contribution in [0.2, 0.25) is 0 Å². The maximum atomic E-state index is 9.60. The Morgan fingerprint density at radius 3 is 2.50 bits per heavy atom. The Morgan fingerprint density at radius 2 is 1.85 bits per heavy atom. The van der Waals surface area contributed by atoms with Gasteiger partial charge in [0, 0.05) is 13.7 Å². The molecule has 0 spiro atoms. The molecule has 0 aliphatic heterocycles. The van der Waals surface area contributed by atoms with E-state index in [1.165, 1.54) is 24.0 Å². The third-order valence-corrected chi connectivity index (χ3v) is 4.33. The summed E-state index contributed by atoms with van der Waals surface area (Å²) in [5.74, 6) is 0. The number of aliphatic hydroxyl groups excluding tert-OH is 2. The van der Waals surface area contributed by atoms with Crippen LogP contribution in [0.25, 0.3) is 0 Å². The fraction of sp³-hybridized carbons (Fsp3) is 0.571. The monoisotopic (exact) mass is 363 g/mol. The highest BCUT2D eigenvalue weighted by Crippen LogP contribution is 2.23. The zero-order valence-electron chi connectivity index (χ0n) is 15.8. The van der Waals surface area contributed by atoms with Gasteiger partial charge in [0.25, 0.3) is 0 Å². The molecule has 0 radical (unpaired) electrons. The van der Waals surface area contributed by atoms with Crippen molar-refractivity contribution in [2.75, 3.05) is 13.7 Å². The number of hydrogen-bond donors (Lipinski definition) is 3.